The molecule has 174 valence electrons. The fourth-order valence-corrected chi connectivity index (χ4v) is 5.83. The van der Waals surface area contributed by atoms with Gasteiger partial charge in [0.15, 0.2) is 0 Å². The van der Waals surface area contributed by atoms with Crippen molar-refractivity contribution >= 4 is 17.3 Å². The zero-order chi connectivity index (χ0) is 24.4. The smallest absolute Gasteiger partial charge is 0.148 e. The van der Waals surface area contributed by atoms with Crippen LogP contribution >= 0.6 is 0 Å². The molecule has 0 aromatic heterocycles. The zero-order valence-corrected chi connectivity index (χ0v) is 20.6. The number of nitrogens with zero attached hydrogens (tertiary/aromatic N) is 1. The standard InChI is InChI=1S/C29H35NO3/c1-6-8-21-13-19(3)26(20(4)14-21)27-24(32)16-29(17-25(27)33)11-9-22(10-12-29)23(31)15-28(5,7-2)18-30/h13-14,22,27H,7,9-12,15-17H2,1-5H3. The summed E-state index contributed by atoms with van der Waals surface area (Å²) in [4.78, 5) is 39.5. The molecule has 0 N–H and O–H groups in total. The van der Waals surface area contributed by atoms with Crippen LogP contribution in [0.25, 0.3) is 0 Å². The van der Waals surface area contributed by atoms with Gasteiger partial charge in [-0.05, 0) is 94.0 Å². The van der Waals surface area contributed by atoms with Gasteiger partial charge < -0.3 is 0 Å². The Balaban J connectivity index is 1.72. The second-order valence-electron chi connectivity index (χ2n) is 10.6. The zero-order valence-electron chi connectivity index (χ0n) is 20.6. The molecular formula is C29H35NO3. The number of nitriles is 1. The van der Waals surface area contributed by atoms with Gasteiger partial charge in [0.1, 0.15) is 23.3 Å². The maximum atomic E-state index is 13.3. The first-order chi connectivity index (χ1) is 15.6. The van der Waals surface area contributed by atoms with Gasteiger partial charge in [0.25, 0.3) is 0 Å². The number of Topliss-reactive ketones (excluding diaryl/α,β-unsaturated/α-hetero) is 3. The van der Waals surface area contributed by atoms with Crippen LogP contribution in [0.15, 0.2) is 12.1 Å². The molecule has 1 spiro atoms. The average Bonchev–Trinajstić information content (AvgIpc) is 2.75. The molecule has 0 bridgehead atoms. The lowest BCUT2D eigenvalue weighted by molar-refractivity contribution is -0.138. The summed E-state index contributed by atoms with van der Waals surface area (Å²) in [6, 6.07) is 6.22. The van der Waals surface area contributed by atoms with Gasteiger partial charge in [0.05, 0.1) is 11.5 Å². The summed E-state index contributed by atoms with van der Waals surface area (Å²) < 4.78 is 0. The van der Waals surface area contributed by atoms with Gasteiger partial charge in [0.2, 0.25) is 0 Å². The van der Waals surface area contributed by atoms with Gasteiger partial charge >= 0.3 is 0 Å². The molecular weight excluding hydrogens is 410 g/mol. The van der Waals surface area contributed by atoms with Gasteiger partial charge in [-0.3, -0.25) is 14.4 Å². The second-order valence-corrected chi connectivity index (χ2v) is 10.6. The van der Waals surface area contributed by atoms with E-state index in [9.17, 15) is 19.6 Å². The Hall–Kier alpha value is -2.72. The highest BCUT2D eigenvalue weighted by Crippen LogP contribution is 2.50. The quantitative estimate of drug-likeness (QED) is 0.426. The van der Waals surface area contributed by atoms with Crippen molar-refractivity contribution in [3.63, 3.8) is 0 Å². The van der Waals surface area contributed by atoms with Crippen LogP contribution in [0.3, 0.4) is 0 Å². The van der Waals surface area contributed by atoms with Gasteiger partial charge in [-0.2, -0.15) is 5.26 Å². The van der Waals surface area contributed by atoms with E-state index in [1.807, 2.05) is 39.8 Å². The van der Waals surface area contributed by atoms with Gasteiger partial charge in [-0.1, -0.05) is 12.8 Å². The predicted octanol–water partition coefficient (Wildman–Crippen LogP) is 5.77. The average molecular weight is 446 g/mol. The third-order valence-corrected chi connectivity index (χ3v) is 8.01. The van der Waals surface area contributed by atoms with E-state index in [4.69, 9.17) is 0 Å². The summed E-state index contributed by atoms with van der Waals surface area (Å²) in [6.07, 6.45) is 4.62. The van der Waals surface area contributed by atoms with Crippen LogP contribution in [-0.4, -0.2) is 17.3 Å². The van der Waals surface area contributed by atoms with Crippen molar-refractivity contribution in [2.45, 2.75) is 91.9 Å². The molecule has 2 fully saturated rings. The number of aryl methyl sites for hydroxylation is 2. The summed E-state index contributed by atoms with van der Waals surface area (Å²) >= 11 is 0. The minimum absolute atomic E-state index is 0.0135. The van der Waals surface area contributed by atoms with Crippen LogP contribution < -0.4 is 0 Å². The number of carbonyl (C=O) groups is 3. The Labute approximate surface area is 198 Å². The highest BCUT2D eigenvalue weighted by atomic mass is 16.2. The topological polar surface area (TPSA) is 75.0 Å². The Morgan fingerprint density at radius 1 is 1.12 bits per heavy atom. The SMILES string of the molecule is CC#Cc1cc(C)c(C2C(=O)CC3(CCC(C(=O)CC(C)(C#N)CC)CC3)CC2=O)c(C)c1. The molecule has 0 radical (unpaired) electrons. The van der Waals surface area contributed by atoms with E-state index in [-0.39, 0.29) is 35.1 Å². The van der Waals surface area contributed by atoms with Crippen LogP contribution in [0.1, 0.15) is 100 Å². The molecule has 1 unspecified atom stereocenters. The Morgan fingerprint density at radius 2 is 1.67 bits per heavy atom. The molecule has 1 aromatic carbocycles. The second kappa shape index (κ2) is 9.64. The van der Waals surface area contributed by atoms with E-state index < -0.39 is 11.3 Å². The minimum atomic E-state index is -0.681. The van der Waals surface area contributed by atoms with Crippen molar-refractivity contribution in [3.8, 4) is 17.9 Å². The molecule has 1 atom stereocenters. The summed E-state index contributed by atoms with van der Waals surface area (Å²) in [5.41, 5.74) is 2.73. The van der Waals surface area contributed by atoms with Crippen LogP contribution in [0, 0.1) is 53.8 Å². The molecule has 0 heterocycles. The number of carbonyl (C=O) groups excluding carboxylic acids is 3. The third-order valence-electron chi connectivity index (χ3n) is 8.01. The van der Waals surface area contributed by atoms with E-state index in [1.54, 1.807) is 6.92 Å². The van der Waals surface area contributed by atoms with Gasteiger partial charge in [-0.25, -0.2) is 0 Å². The first-order valence-corrected chi connectivity index (χ1v) is 12.1. The monoisotopic (exact) mass is 445 g/mol. The molecule has 4 heteroatoms. The van der Waals surface area contributed by atoms with E-state index >= 15 is 0 Å². The number of hydrogen-bond donors (Lipinski definition) is 0. The molecule has 4 nitrogen and oxygen atoms in total. The fraction of sp³-hybridized carbons (Fsp3) is 0.586. The van der Waals surface area contributed by atoms with E-state index in [2.05, 4.69) is 17.9 Å². The maximum absolute atomic E-state index is 13.3. The van der Waals surface area contributed by atoms with E-state index in [1.165, 1.54) is 0 Å². The Kier molecular flexibility index (Phi) is 7.28. The summed E-state index contributed by atoms with van der Waals surface area (Å²) in [5, 5.41) is 9.41. The lowest BCUT2D eigenvalue weighted by atomic mass is 9.59. The molecule has 33 heavy (non-hydrogen) atoms. The molecule has 3 rings (SSSR count). The molecule has 0 aliphatic heterocycles. The minimum Gasteiger partial charge on any atom is -0.299 e. The lowest BCUT2D eigenvalue weighted by Gasteiger charge is -2.43. The molecule has 2 aliphatic carbocycles. The van der Waals surface area contributed by atoms with Crippen molar-refractivity contribution in [1.29, 1.82) is 5.26 Å². The van der Waals surface area contributed by atoms with Crippen LogP contribution in [0.4, 0.5) is 0 Å². The molecule has 0 amide bonds. The van der Waals surface area contributed by atoms with E-state index in [0.29, 0.717) is 32.1 Å². The Morgan fingerprint density at radius 3 is 2.12 bits per heavy atom. The summed E-state index contributed by atoms with van der Waals surface area (Å²) in [6.45, 7) is 9.49. The fourth-order valence-electron chi connectivity index (χ4n) is 5.83. The maximum Gasteiger partial charge on any atom is 0.148 e. The number of hydrogen-bond acceptors (Lipinski definition) is 4. The van der Waals surface area contributed by atoms with Crippen molar-refractivity contribution in [1.82, 2.24) is 0 Å². The number of rotatable bonds is 5. The van der Waals surface area contributed by atoms with Crippen molar-refractivity contribution in [2.75, 3.05) is 0 Å². The third kappa shape index (κ3) is 5.11. The molecule has 1 aromatic rings. The number of benzene rings is 1. The first-order valence-electron chi connectivity index (χ1n) is 12.1. The van der Waals surface area contributed by atoms with Gasteiger partial charge in [-0.15, -0.1) is 5.92 Å². The normalized spacial score (nSPS) is 26.8. The predicted molar refractivity (Wildman–Crippen MR) is 128 cm³/mol. The highest BCUT2D eigenvalue weighted by molar-refractivity contribution is 6.10. The summed E-state index contributed by atoms with van der Waals surface area (Å²) in [7, 11) is 0. The van der Waals surface area contributed by atoms with Crippen LogP contribution in [0.5, 0.6) is 0 Å². The molecule has 2 aliphatic rings. The van der Waals surface area contributed by atoms with Crippen LogP contribution in [0.2, 0.25) is 0 Å². The summed E-state index contributed by atoms with van der Waals surface area (Å²) in [5.74, 6) is 5.40. The number of ketones is 3. The van der Waals surface area contributed by atoms with Crippen molar-refractivity contribution in [2.24, 2.45) is 16.7 Å². The van der Waals surface area contributed by atoms with Gasteiger partial charge in [0, 0.05) is 30.7 Å². The molecule has 2 saturated carbocycles. The largest absolute Gasteiger partial charge is 0.299 e. The first kappa shape index (κ1) is 24.9. The lowest BCUT2D eigenvalue weighted by Crippen LogP contribution is -2.42. The van der Waals surface area contributed by atoms with E-state index in [0.717, 1.165) is 35.1 Å². The molecule has 0 saturated heterocycles. The van der Waals surface area contributed by atoms with Crippen molar-refractivity contribution in [3.05, 3.63) is 34.4 Å². The van der Waals surface area contributed by atoms with Crippen molar-refractivity contribution < 1.29 is 14.4 Å². The Bertz CT molecular complexity index is 1030. The highest BCUT2D eigenvalue weighted by Gasteiger charge is 2.48. The van der Waals surface area contributed by atoms with Crippen LogP contribution in [-0.2, 0) is 14.4 Å².